The Bertz CT molecular complexity index is 551. The van der Waals surface area contributed by atoms with Crippen LogP contribution < -0.4 is 5.32 Å². The molecule has 18 heavy (non-hydrogen) atoms. The summed E-state index contributed by atoms with van der Waals surface area (Å²) in [6, 6.07) is 2.47. The second kappa shape index (κ2) is 4.93. The normalized spacial score (nSPS) is 20.3. The lowest BCUT2D eigenvalue weighted by atomic mass is 10.0. The lowest BCUT2D eigenvalue weighted by Crippen LogP contribution is -2.24. The monoisotopic (exact) mass is 275 g/mol. The average molecular weight is 275 g/mol. The molecule has 1 saturated heterocycles. The second-order valence-corrected chi connectivity index (χ2v) is 6.57. The zero-order valence-corrected chi connectivity index (χ0v) is 10.9. The molecule has 0 amide bonds. The van der Waals surface area contributed by atoms with Gasteiger partial charge in [-0.1, -0.05) is 6.07 Å². The lowest BCUT2D eigenvalue weighted by molar-refractivity contribution is 0.501. The Kier molecular flexibility index (Phi) is 3.68. The Labute approximate surface area is 105 Å². The van der Waals surface area contributed by atoms with Gasteiger partial charge in [-0.25, -0.2) is 17.2 Å². The van der Waals surface area contributed by atoms with Crippen LogP contribution in [0.1, 0.15) is 18.4 Å². The van der Waals surface area contributed by atoms with Crippen molar-refractivity contribution >= 4 is 9.84 Å². The standard InChI is InChI=1S/C12H15F2NO2S/c1-18(16,17)12-10(13)5-4-8(11(12)14)7-9-3-2-6-15-9/h4-5,9,15H,2-3,6-7H2,1H3. The van der Waals surface area contributed by atoms with Crippen LogP contribution in [0.25, 0.3) is 0 Å². The van der Waals surface area contributed by atoms with Crippen molar-refractivity contribution in [2.75, 3.05) is 12.8 Å². The summed E-state index contributed by atoms with van der Waals surface area (Å²) in [5, 5.41) is 3.20. The van der Waals surface area contributed by atoms with Crippen molar-refractivity contribution in [3.8, 4) is 0 Å². The van der Waals surface area contributed by atoms with Crippen molar-refractivity contribution in [3.63, 3.8) is 0 Å². The van der Waals surface area contributed by atoms with Crippen molar-refractivity contribution in [3.05, 3.63) is 29.3 Å². The van der Waals surface area contributed by atoms with Gasteiger partial charge in [-0.3, -0.25) is 0 Å². The second-order valence-electron chi connectivity index (χ2n) is 4.62. The van der Waals surface area contributed by atoms with Crippen molar-refractivity contribution < 1.29 is 17.2 Å². The van der Waals surface area contributed by atoms with Crippen LogP contribution in [-0.2, 0) is 16.3 Å². The van der Waals surface area contributed by atoms with Crippen molar-refractivity contribution in [1.29, 1.82) is 0 Å². The number of hydrogen-bond donors (Lipinski definition) is 1. The molecule has 1 aromatic rings. The van der Waals surface area contributed by atoms with E-state index in [-0.39, 0.29) is 11.6 Å². The largest absolute Gasteiger partial charge is 0.314 e. The number of nitrogens with one attached hydrogen (secondary N) is 1. The summed E-state index contributed by atoms with van der Waals surface area (Å²) in [6.07, 6.45) is 3.14. The van der Waals surface area contributed by atoms with Gasteiger partial charge in [0.1, 0.15) is 16.5 Å². The molecule has 0 aliphatic carbocycles. The highest BCUT2D eigenvalue weighted by atomic mass is 32.2. The number of benzene rings is 1. The summed E-state index contributed by atoms with van der Waals surface area (Å²) in [7, 11) is -3.89. The first kappa shape index (κ1) is 13.4. The predicted molar refractivity (Wildman–Crippen MR) is 64.2 cm³/mol. The van der Waals surface area contributed by atoms with E-state index >= 15 is 0 Å². The summed E-state index contributed by atoms with van der Waals surface area (Å²) in [5.74, 6) is -1.98. The fourth-order valence-corrected chi connectivity index (χ4v) is 3.15. The Morgan fingerprint density at radius 1 is 1.39 bits per heavy atom. The molecule has 1 aromatic carbocycles. The van der Waals surface area contributed by atoms with Gasteiger partial charge in [0, 0.05) is 12.3 Å². The molecular formula is C12H15F2NO2S. The molecular weight excluding hydrogens is 260 g/mol. The Balaban J connectivity index is 2.38. The highest BCUT2D eigenvalue weighted by molar-refractivity contribution is 7.90. The van der Waals surface area contributed by atoms with Gasteiger partial charge in [0.2, 0.25) is 0 Å². The first-order valence-corrected chi connectivity index (χ1v) is 7.69. The quantitative estimate of drug-likeness (QED) is 0.912. The zero-order chi connectivity index (χ0) is 13.3. The van der Waals surface area contributed by atoms with E-state index in [0.717, 1.165) is 31.7 Å². The molecule has 0 radical (unpaired) electrons. The van der Waals surface area contributed by atoms with Crippen molar-refractivity contribution in [2.45, 2.75) is 30.2 Å². The molecule has 1 unspecified atom stereocenters. The number of hydrogen-bond acceptors (Lipinski definition) is 3. The van der Waals surface area contributed by atoms with Gasteiger partial charge in [-0.15, -0.1) is 0 Å². The Morgan fingerprint density at radius 2 is 2.11 bits per heavy atom. The minimum absolute atomic E-state index is 0.136. The average Bonchev–Trinajstić information content (AvgIpc) is 2.73. The molecule has 6 heteroatoms. The molecule has 0 saturated carbocycles. The molecule has 2 rings (SSSR count). The van der Waals surface area contributed by atoms with E-state index in [1.54, 1.807) is 0 Å². The van der Waals surface area contributed by atoms with Crippen LogP contribution in [-0.4, -0.2) is 27.3 Å². The highest BCUT2D eigenvalue weighted by Crippen LogP contribution is 2.24. The van der Waals surface area contributed by atoms with E-state index < -0.39 is 26.4 Å². The van der Waals surface area contributed by atoms with Gasteiger partial charge >= 0.3 is 0 Å². The van der Waals surface area contributed by atoms with Gasteiger partial charge in [0.25, 0.3) is 0 Å². The van der Waals surface area contributed by atoms with Crippen LogP contribution in [0.15, 0.2) is 17.0 Å². The topological polar surface area (TPSA) is 46.2 Å². The highest BCUT2D eigenvalue weighted by Gasteiger charge is 2.24. The van der Waals surface area contributed by atoms with Gasteiger partial charge in [-0.2, -0.15) is 0 Å². The summed E-state index contributed by atoms with van der Waals surface area (Å²) in [4.78, 5) is -0.821. The minimum Gasteiger partial charge on any atom is -0.314 e. The molecule has 1 aliphatic heterocycles. The third kappa shape index (κ3) is 2.70. The Hall–Kier alpha value is -1.01. The molecule has 1 fully saturated rings. The third-order valence-electron chi connectivity index (χ3n) is 3.13. The molecule has 0 bridgehead atoms. The summed E-state index contributed by atoms with van der Waals surface area (Å²) >= 11 is 0. The smallest absolute Gasteiger partial charge is 0.181 e. The first-order valence-electron chi connectivity index (χ1n) is 5.80. The van der Waals surface area contributed by atoms with Crippen LogP contribution in [0.2, 0.25) is 0 Å². The van der Waals surface area contributed by atoms with E-state index in [2.05, 4.69) is 5.32 Å². The molecule has 1 aliphatic rings. The van der Waals surface area contributed by atoms with Gasteiger partial charge in [0.05, 0.1) is 0 Å². The maximum absolute atomic E-state index is 14.0. The first-order chi connectivity index (χ1) is 8.39. The van der Waals surface area contributed by atoms with Crippen molar-refractivity contribution in [1.82, 2.24) is 5.32 Å². The molecule has 1 heterocycles. The van der Waals surface area contributed by atoms with Gasteiger partial charge in [0.15, 0.2) is 9.84 Å². The fraction of sp³-hybridized carbons (Fsp3) is 0.500. The maximum Gasteiger partial charge on any atom is 0.181 e. The van der Waals surface area contributed by atoms with E-state index in [1.807, 2.05) is 0 Å². The van der Waals surface area contributed by atoms with Crippen molar-refractivity contribution in [2.24, 2.45) is 0 Å². The summed E-state index contributed by atoms with van der Waals surface area (Å²) in [6.45, 7) is 0.881. The zero-order valence-electron chi connectivity index (χ0n) is 10.0. The van der Waals surface area contributed by atoms with E-state index in [0.29, 0.717) is 6.42 Å². The molecule has 0 spiro atoms. The van der Waals surface area contributed by atoms with Gasteiger partial charge in [-0.05, 0) is 37.4 Å². The van der Waals surface area contributed by atoms with E-state index in [4.69, 9.17) is 0 Å². The third-order valence-corrected chi connectivity index (χ3v) is 4.24. The SMILES string of the molecule is CS(=O)(=O)c1c(F)ccc(CC2CCCN2)c1F. The molecule has 0 aromatic heterocycles. The number of halogens is 2. The maximum atomic E-state index is 14.0. The van der Waals surface area contributed by atoms with Gasteiger partial charge < -0.3 is 5.32 Å². The molecule has 1 N–H and O–H groups in total. The van der Waals surface area contributed by atoms with Crippen LogP contribution >= 0.6 is 0 Å². The predicted octanol–water partition coefficient (Wildman–Crippen LogP) is 1.66. The van der Waals surface area contributed by atoms with Crippen LogP contribution in [0.4, 0.5) is 8.78 Å². The molecule has 1 atom stereocenters. The van der Waals surface area contributed by atoms with Crippen LogP contribution in [0.3, 0.4) is 0 Å². The van der Waals surface area contributed by atoms with Crippen LogP contribution in [0, 0.1) is 11.6 Å². The van der Waals surface area contributed by atoms with Crippen LogP contribution in [0.5, 0.6) is 0 Å². The fourth-order valence-electron chi connectivity index (χ4n) is 2.27. The lowest BCUT2D eigenvalue weighted by Gasteiger charge is -2.12. The minimum atomic E-state index is -3.89. The Morgan fingerprint density at radius 3 is 2.67 bits per heavy atom. The molecule has 3 nitrogen and oxygen atoms in total. The van der Waals surface area contributed by atoms with E-state index in [1.165, 1.54) is 6.07 Å². The number of sulfone groups is 1. The van der Waals surface area contributed by atoms with E-state index in [9.17, 15) is 17.2 Å². The molecule has 100 valence electrons. The summed E-state index contributed by atoms with van der Waals surface area (Å²) < 4.78 is 50.2. The summed E-state index contributed by atoms with van der Waals surface area (Å²) in [5.41, 5.74) is 0.247. The number of rotatable bonds is 3.